The Balaban J connectivity index is 1.52. The topological polar surface area (TPSA) is 61.9 Å². The van der Waals surface area contributed by atoms with Gasteiger partial charge in [-0.3, -0.25) is 14.5 Å². The molecule has 2 amide bonds. The lowest BCUT2D eigenvalue weighted by Crippen LogP contribution is -2.42. The van der Waals surface area contributed by atoms with Gasteiger partial charge in [-0.2, -0.15) is 0 Å². The summed E-state index contributed by atoms with van der Waals surface area (Å²) in [5.74, 6) is 0.0207. The smallest absolute Gasteiger partial charge is 0.254 e. The highest BCUT2D eigenvalue weighted by Gasteiger charge is 2.33. The zero-order valence-electron chi connectivity index (χ0n) is 13.5. The summed E-state index contributed by atoms with van der Waals surface area (Å²) >= 11 is 1.59. The highest BCUT2D eigenvalue weighted by atomic mass is 32.2. The van der Waals surface area contributed by atoms with Crippen molar-refractivity contribution in [2.24, 2.45) is 0 Å². The number of benzene rings is 1. The van der Waals surface area contributed by atoms with E-state index in [9.17, 15) is 9.59 Å². The lowest BCUT2D eigenvalue weighted by Gasteiger charge is -2.31. The quantitative estimate of drug-likeness (QED) is 0.881. The Morgan fingerprint density at radius 1 is 1.17 bits per heavy atom. The van der Waals surface area contributed by atoms with E-state index in [-0.39, 0.29) is 17.2 Å². The molecule has 3 heterocycles. The summed E-state index contributed by atoms with van der Waals surface area (Å²) in [6.07, 6.45) is 2.31. The van der Waals surface area contributed by atoms with Gasteiger partial charge in [-0.25, -0.2) is 0 Å². The number of thioether (sulfide) groups is 1. The summed E-state index contributed by atoms with van der Waals surface area (Å²) in [6.45, 7) is 4.37. The molecule has 2 fully saturated rings. The summed E-state index contributed by atoms with van der Waals surface area (Å²) in [6, 6.07) is 5.62. The van der Waals surface area contributed by atoms with Gasteiger partial charge in [0.05, 0.1) is 18.9 Å². The van der Waals surface area contributed by atoms with Gasteiger partial charge < -0.3 is 15.0 Å². The molecule has 4 rings (SSSR count). The summed E-state index contributed by atoms with van der Waals surface area (Å²) in [7, 11) is 0. The molecule has 0 aromatic heterocycles. The van der Waals surface area contributed by atoms with Crippen LogP contribution < -0.4 is 5.32 Å². The first-order valence-corrected chi connectivity index (χ1v) is 9.33. The van der Waals surface area contributed by atoms with Crippen LogP contribution in [0.4, 0.5) is 5.69 Å². The Kier molecular flexibility index (Phi) is 4.47. The fourth-order valence-corrected chi connectivity index (χ4v) is 4.55. The van der Waals surface area contributed by atoms with Gasteiger partial charge in [0, 0.05) is 23.5 Å². The van der Waals surface area contributed by atoms with Crippen LogP contribution in [0, 0.1) is 0 Å². The zero-order chi connectivity index (χ0) is 16.5. The number of anilines is 1. The van der Waals surface area contributed by atoms with Crippen molar-refractivity contribution in [2.45, 2.75) is 23.1 Å². The molecule has 0 radical (unpaired) electrons. The molecular weight excluding hydrogens is 326 g/mol. The minimum Gasteiger partial charge on any atom is -0.378 e. The molecular formula is C17H21N3O3S. The summed E-state index contributed by atoms with van der Waals surface area (Å²) in [4.78, 5) is 30.1. The summed E-state index contributed by atoms with van der Waals surface area (Å²) in [5.41, 5.74) is 1.37. The fraction of sp³-hybridized carbons (Fsp3) is 0.529. The number of rotatable bonds is 2. The van der Waals surface area contributed by atoms with Crippen molar-refractivity contribution < 1.29 is 14.3 Å². The van der Waals surface area contributed by atoms with Gasteiger partial charge in [0.1, 0.15) is 5.37 Å². The van der Waals surface area contributed by atoms with E-state index < -0.39 is 0 Å². The largest absolute Gasteiger partial charge is 0.378 e. The Labute approximate surface area is 145 Å². The minimum absolute atomic E-state index is 0.00187. The number of hydrogen-bond donors (Lipinski definition) is 1. The number of nitrogens with one attached hydrogen (secondary N) is 1. The van der Waals surface area contributed by atoms with Crippen molar-refractivity contribution in [3.8, 4) is 0 Å². The van der Waals surface area contributed by atoms with Crippen LogP contribution in [-0.2, 0) is 9.53 Å². The normalized spacial score (nSPS) is 24.6. The van der Waals surface area contributed by atoms with Crippen LogP contribution in [0.3, 0.4) is 0 Å². The number of carbonyl (C=O) groups is 2. The van der Waals surface area contributed by atoms with Crippen molar-refractivity contribution >= 4 is 29.3 Å². The van der Waals surface area contributed by atoms with E-state index >= 15 is 0 Å². The van der Waals surface area contributed by atoms with Crippen LogP contribution in [0.15, 0.2) is 23.1 Å². The number of ether oxygens (including phenoxy) is 1. The molecule has 0 spiro atoms. The van der Waals surface area contributed by atoms with Crippen molar-refractivity contribution in [3.63, 3.8) is 0 Å². The minimum atomic E-state index is -0.152. The SMILES string of the molecule is O=C1Nc2cc(C(=O)N3CCOCC3)ccc2SC1N1CCCC1. The van der Waals surface area contributed by atoms with Crippen LogP contribution in [-0.4, -0.2) is 66.4 Å². The molecule has 128 valence electrons. The number of morpholine rings is 1. The monoisotopic (exact) mass is 347 g/mol. The molecule has 0 saturated carbocycles. The molecule has 3 aliphatic rings. The second-order valence-electron chi connectivity index (χ2n) is 6.32. The Bertz CT molecular complexity index is 654. The van der Waals surface area contributed by atoms with E-state index in [1.165, 1.54) is 0 Å². The highest BCUT2D eigenvalue weighted by molar-refractivity contribution is 8.00. The predicted molar refractivity (Wildman–Crippen MR) is 92.2 cm³/mol. The first kappa shape index (κ1) is 15.9. The van der Waals surface area contributed by atoms with Crippen molar-refractivity contribution in [1.29, 1.82) is 0 Å². The molecule has 1 unspecified atom stereocenters. The van der Waals surface area contributed by atoms with Gasteiger partial charge in [-0.15, -0.1) is 0 Å². The molecule has 0 aliphatic carbocycles. The third-order valence-electron chi connectivity index (χ3n) is 4.72. The maximum Gasteiger partial charge on any atom is 0.254 e. The molecule has 1 N–H and O–H groups in total. The number of likely N-dealkylation sites (tertiary alicyclic amines) is 1. The highest BCUT2D eigenvalue weighted by Crippen LogP contribution is 2.38. The van der Waals surface area contributed by atoms with Crippen LogP contribution >= 0.6 is 11.8 Å². The van der Waals surface area contributed by atoms with E-state index in [2.05, 4.69) is 10.2 Å². The molecule has 1 aromatic rings. The van der Waals surface area contributed by atoms with Gasteiger partial charge in [-0.1, -0.05) is 11.8 Å². The van der Waals surface area contributed by atoms with Crippen molar-refractivity contribution in [1.82, 2.24) is 9.80 Å². The molecule has 1 atom stereocenters. The molecule has 2 saturated heterocycles. The molecule has 1 aromatic carbocycles. The number of carbonyl (C=O) groups excluding carboxylic acids is 2. The zero-order valence-corrected chi connectivity index (χ0v) is 14.3. The van der Waals surface area contributed by atoms with Gasteiger partial charge in [-0.05, 0) is 44.1 Å². The summed E-state index contributed by atoms with van der Waals surface area (Å²) in [5, 5.41) is 2.84. The second kappa shape index (κ2) is 6.74. The maximum atomic E-state index is 12.6. The van der Waals surface area contributed by atoms with Crippen LogP contribution in [0.5, 0.6) is 0 Å². The molecule has 0 bridgehead atoms. The van der Waals surface area contributed by atoms with Gasteiger partial charge in [0.25, 0.3) is 11.8 Å². The van der Waals surface area contributed by atoms with Crippen molar-refractivity contribution in [3.05, 3.63) is 23.8 Å². The Hall–Kier alpha value is -1.57. The van der Waals surface area contributed by atoms with E-state index in [1.54, 1.807) is 22.7 Å². The van der Waals surface area contributed by atoms with Crippen LogP contribution in [0.2, 0.25) is 0 Å². The molecule has 7 heteroatoms. The number of hydrogen-bond acceptors (Lipinski definition) is 5. The molecule has 6 nitrogen and oxygen atoms in total. The Morgan fingerprint density at radius 3 is 2.67 bits per heavy atom. The van der Waals surface area contributed by atoms with Crippen LogP contribution in [0.25, 0.3) is 0 Å². The standard InChI is InChI=1S/C17H21N3O3S/c21-15-17(20-5-1-2-6-20)24-14-4-3-12(11-13(14)18-15)16(22)19-7-9-23-10-8-19/h3-4,11,17H,1-2,5-10H2,(H,18,21). The Morgan fingerprint density at radius 2 is 1.92 bits per heavy atom. The van der Waals surface area contributed by atoms with Gasteiger partial charge >= 0.3 is 0 Å². The second-order valence-corrected chi connectivity index (χ2v) is 7.44. The first-order valence-electron chi connectivity index (χ1n) is 8.45. The number of nitrogens with zero attached hydrogens (tertiary/aromatic N) is 2. The first-order chi connectivity index (χ1) is 11.7. The van der Waals surface area contributed by atoms with E-state index in [1.807, 2.05) is 12.1 Å². The predicted octanol–water partition coefficient (Wildman–Crippen LogP) is 1.63. The third-order valence-corrected chi connectivity index (χ3v) is 6.06. The molecule has 3 aliphatic heterocycles. The fourth-order valence-electron chi connectivity index (χ4n) is 3.40. The summed E-state index contributed by atoms with van der Waals surface area (Å²) < 4.78 is 5.29. The average Bonchev–Trinajstić information content (AvgIpc) is 3.15. The van der Waals surface area contributed by atoms with E-state index in [0.29, 0.717) is 31.9 Å². The van der Waals surface area contributed by atoms with E-state index in [0.717, 1.165) is 36.5 Å². The van der Waals surface area contributed by atoms with E-state index in [4.69, 9.17) is 4.74 Å². The molecule has 24 heavy (non-hydrogen) atoms. The van der Waals surface area contributed by atoms with Gasteiger partial charge in [0.15, 0.2) is 0 Å². The maximum absolute atomic E-state index is 12.6. The van der Waals surface area contributed by atoms with Gasteiger partial charge in [0.2, 0.25) is 0 Å². The number of amides is 2. The number of fused-ring (bicyclic) bond motifs is 1. The third kappa shape index (κ3) is 3.03. The lowest BCUT2D eigenvalue weighted by atomic mass is 10.1. The van der Waals surface area contributed by atoms with Crippen LogP contribution in [0.1, 0.15) is 23.2 Å². The lowest BCUT2D eigenvalue weighted by molar-refractivity contribution is -0.118. The van der Waals surface area contributed by atoms with Crippen molar-refractivity contribution in [2.75, 3.05) is 44.7 Å². The average molecular weight is 347 g/mol.